The van der Waals surface area contributed by atoms with Gasteiger partial charge in [0, 0.05) is 86.8 Å². The van der Waals surface area contributed by atoms with Crippen LogP contribution in [0.2, 0.25) is 0 Å². The number of piperidine rings is 2. The Morgan fingerprint density at radius 1 is 0.652 bits per heavy atom. The highest BCUT2D eigenvalue weighted by atomic mass is 19.1. The molecular formula is C53H66F2N6O8. The van der Waals surface area contributed by atoms with Crippen LogP contribution in [0, 0.1) is 29.4 Å². The number of anilines is 4. The zero-order chi connectivity index (χ0) is 49.4. The van der Waals surface area contributed by atoms with Gasteiger partial charge in [-0.25, -0.2) is 8.78 Å². The van der Waals surface area contributed by atoms with Crippen molar-refractivity contribution in [3.8, 4) is 23.0 Å². The van der Waals surface area contributed by atoms with Gasteiger partial charge in [0.15, 0.2) is 0 Å². The van der Waals surface area contributed by atoms with E-state index in [1.165, 1.54) is 12.1 Å². The van der Waals surface area contributed by atoms with Crippen LogP contribution in [-0.2, 0) is 9.59 Å². The number of halogens is 2. The van der Waals surface area contributed by atoms with Gasteiger partial charge >= 0.3 is 11.9 Å². The minimum Gasteiger partial charge on any atom is -0.497 e. The number of carboxylic acid groups (broad SMARTS) is 2. The zero-order valence-electron chi connectivity index (χ0n) is 40.7. The van der Waals surface area contributed by atoms with E-state index in [2.05, 4.69) is 22.0 Å². The van der Waals surface area contributed by atoms with Gasteiger partial charge in [0.05, 0.1) is 61.4 Å². The molecule has 4 aromatic rings. The molecule has 0 radical (unpaired) electrons. The molecule has 2 N–H and O–H groups in total. The van der Waals surface area contributed by atoms with E-state index >= 15 is 0 Å². The molecule has 4 aliphatic heterocycles. The molecule has 0 amide bonds. The van der Waals surface area contributed by atoms with Crippen LogP contribution in [0.5, 0.6) is 23.0 Å². The molecule has 16 heteroatoms. The normalized spacial score (nSPS) is 22.6. The highest BCUT2D eigenvalue weighted by molar-refractivity contribution is 5.90. The lowest BCUT2D eigenvalue weighted by atomic mass is 9.91. The lowest BCUT2D eigenvalue weighted by molar-refractivity contribution is -0.138. The molecule has 0 saturated carbocycles. The van der Waals surface area contributed by atoms with E-state index in [0.29, 0.717) is 55.7 Å². The van der Waals surface area contributed by atoms with Gasteiger partial charge < -0.3 is 39.0 Å². The summed E-state index contributed by atoms with van der Waals surface area (Å²) in [5.74, 6) is 1.10. The fourth-order valence-corrected chi connectivity index (χ4v) is 9.60. The number of aliphatic carboxylic acids is 2. The van der Waals surface area contributed by atoms with Crippen LogP contribution in [0.25, 0.3) is 0 Å². The molecule has 0 bridgehead atoms. The Bertz CT molecular complexity index is 2450. The summed E-state index contributed by atoms with van der Waals surface area (Å²) in [7, 11) is 1.58. The molecule has 6 unspecified atom stereocenters. The number of rotatable bonds is 16. The Kier molecular flexibility index (Phi) is 16.5. The van der Waals surface area contributed by atoms with Crippen molar-refractivity contribution in [2.75, 3.05) is 59.7 Å². The minimum absolute atomic E-state index is 0.0297. The third kappa shape index (κ3) is 12.2. The Morgan fingerprint density at radius 2 is 1.12 bits per heavy atom. The van der Waals surface area contributed by atoms with E-state index in [1.54, 1.807) is 36.4 Å². The fourth-order valence-electron chi connectivity index (χ4n) is 9.60. The van der Waals surface area contributed by atoms with E-state index < -0.39 is 11.9 Å². The van der Waals surface area contributed by atoms with Crippen molar-refractivity contribution < 1.29 is 47.5 Å². The number of hydrazone groups is 2. The standard InChI is InChI=1S/C28H36FN3O4.C25H30FN3O4/c1-5-20-17-31(26-15-23(35-6-2)11-12-24(26)29)14-13-27(20)36-22-9-7-21(8-10-22)32-25(16-28(33)34)18(3)19(4)30-32;1-16-17(2)27-29(23(16)15-25(30)31)18-4-6-19(7-5-18)33-20-10-12-28(13-11-20)24-14-21(32-3)8-9-22(24)26/h7-12,15,18,20,25,27H,5-6,13-14,16-17H2,1-4H3,(H,33,34);4-9,14,16,20,23H,10-13,15H2,1-3H3,(H,30,31). The SMILES string of the molecule is CCOc1ccc(F)c(N2CCC(Oc3ccc(N4N=C(C)C(C)C4CC(=O)O)cc3)C(CC)C2)c1.COc1ccc(F)c(N2CCC(Oc3ccc(N4N=C(C)C(C)C4CC(=O)O)cc3)CC2)c1. The molecule has 6 atom stereocenters. The van der Waals surface area contributed by atoms with Crippen LogP contribution in [0.1, 0.15) is 80.1 Å². The minimum atomic E-state index is -0.832. The Morgan fingerprint density at radius 3 is 1.61 bits per heavy atom. The Hall–Kier alpha value is -6.58. The van der Waals surface area contributed by atoms with Gasteiger partial charge in [-0.1, -0.05) is 20.8 Å². The number of ether oxygens (including phenoxy) is 4. The molecule has 4 heterocycles. The molecule has 0 spiro atoms. The van der Waals surface area contributed by atoms with E-state index in [1.807, 2.05) is 93.1 Å². The first-order chi connectivity index (χ1) is 33.1. The van der Waals surface area contributed by atoms with Gasteiger partial charge in [-0.3, -0.25) is 19.6 Å². The monoisotopic (exact) mass is 952 g/mol. The van der Waals surface area contributed by atoms with Gasteiger partial charge in [-0.15, -0.1) is 0 Å². The van der Waals surface area contributed by atoms with Crippen molar-refractivity contribution in [2.45, 2.75) is 104 Å². The fraction of sp³-hybridized carbons (Fsp3) is 0.472. The summed E-state index contributed by atoms with van der Waals surface area (Å²) < 4.78 is 52.2. The highest BCUT2D eigenvalue weighted by Crippen LogP contribution is 2.36. The van der Waals surface area contributed by atoms with E-state index in [-0.39, 0.29) is 66.5 Å². The second-order valence-corrected chi connectivity index (χ2v) is 18.3. The van der Waals surface area contributed by atoms with Gasteiger partial charge in [-0.2, -0.15) is 10.2 Å². The topological polar surface area (TPSA) is 149 Å². The van der Waals surface area contributed by atoms with Crippen LogP contribution in [-0.4, -0.2) is 97.8 Å². The van der Waals surface area contributed by atoms with Crippen LogP contribution >= 0.6 is 0 Å². The summed E-state index contributed by atoms with van der Waals surface area (Å²) in [6, 6.07) is 24.7. The lowest BCUT2D eigenvalue weighted by Crippen LogP contribution is -2.45. The maximum absolute atomic E-state index is 14.6. The van der Waals surface area contributed by atoms with Crippen molar-refractivity contribution >= 4 is 46.1 Å². The quantitative estimate of drug-likeness (QED) is 0.110. The van der Waals surface area contributed by atoms with Gasteiger partial charge in [-0.05, 0) is 100.0 Å². The summed E-state index contributed by atoms with van der Waals surface area (Å²) >= 11 is 0. The molecule has 370 valence electrons. The summed E-state index contributed by atoms with van der Waals surface area (Å²) in [5, 5.41) is 31.4. The number of hydrogen-bond donors (Lipinski definition) is 2. The molecule has 4 aromatic carbocycles. The average molecular weight is 953 g/mol. The second kappa shape index (κ2) is 22.7. The molecule has 4 aliphatic rings. The van der Waals surface area contributed by atoms with Crippen LogP contribution < -0.4 is 38.8 Å². The molecule has 8 rings (SSSR count). The number of carboxylic acids is 2. The molecular weight excluding hydrogens is 887 g/mol. The van der Waals surface area contributed by atoms with E-state index in [4.69, 9.17) is 18.9 Å². The van der Waals surface area contributed by atoms with Gasteiger partial charge in [0.2, 0.25) is 0 Å². The van der Waals surface area contributed by atoms with Gasteiger partial charge in [0.25, 0.3) is 0 Å². The predicted molar refractivity (Wildman–Crippen MR) is 266 cm³/mol. The first-order valence-corrected chi connectivity index (χ1v) is 24.1. The van der Waals surface area contributed by atoms with Crippen LogP contribution in [0.3, 0.4) is 0 Å². The maximum Gasteiger partial charge on any atom is 0.305 e. The molecule has 0 aliphatic carbocycles. The predicted octanol–water partition coefficient (Wildman–Crippen LogP) is 10.1. The Balaban J connectivity index is 0.000000205. The highest BCUT2D eigenvalue weighted by Gasteiger charge is 2.37. The van der Waals surface area contributed by atoms with Crippen molar-refractivity contribution in [1.82, 2.24) is 0 Å². The summed E-state index contributed by atoms with van der Waals surface area (Å²) in [4.78, 5) is 26.8. The van der Waals surface area contributed by atoms with Crippen LogP contribution in [0.4, 0.5) is 31.5 Å². The molecule has 14 nitrogen and oxygen atoms in total. The second-order valence-electron chi connectivity index (χ2n) is 18.3. The summed E-state index contributed by atoms with van der Waals surface area (Å²) in [6.07, 6.45) is 3.42. The molecule has 0 aromatic heterocycles. The number of carbonyl (C=O) groups is 2. The van der Waals surface area contributed by atoms with Crippen molar-refractivity contribution in [2.24, 2.45) is 28.0 Å². The summed E-state index contributed by atoms with van der Waals surface area (Å²) in [6.45, 7) is 15.3. The number of methoxy groups -OCH3 is 1. The maximum atomic E-state index is 14.6. The third-order valence-corrected chi connectivity index (χ3v) is 13.9. The Labute approximate surface area is 404 Å². The molecule has 2 saturated heterocycles. The van der Waals surface area contributed by atoms with E-state index in [0.717, 1.165) is 60.0 Å². The number of hydrogen-bond acceptors (Lipinski definition) is 12. The van der Waals surface area contributed by atoms with E-state index in [9.17, 15) is 28.6 Å². The van der Waals surface area contributed by atoms with Crippen molar-refractivity contribution in [3.05, 3.63) is 96.6 Å². The first-order valence-electron chi connectivity index (χ1n) is 24.1. The van der Waals surface area contributed by atoms with Crippen molar-refractivity contribution in [3.63, 3.8) is 0 Å². The summed E-state index contributed by atoms with van der Waals surface area (Å²) in [5.41, 5.74) is 4.70. The molecule has 69 heavy (non-hydrogen) atoms. The third-order valence-electron chi connectivity index (χ3n) is 13.9. The van der Waals surface area contributed by atoms with Crippen LogP contribution in [0.15, 0.2) is 95.1 Å². The lowest BCUT2D eigenvalue weighted by Gasteiger charge is -2.39. The number of nitrogens with zero attached hydrogens (tertiary/aromatic N) is 6. The van der Waals surface area contributed by atoms with Gasteiger partial charge in [0.1, 0.15) is 46.8 Å². The first kappa shape index (κ1) is 50.3. The average Bonchev–Trinajstić information content (AvgIpc) is 3.78. The van der Waals surface area contributed by atoms with Crippen molar-refractivity contribution in [1.29, 1.82) is 0 Å². The largest absolute Gasteiger partial charge is 0.497 e. The smallest absolute Gasteiger partial charge is 0.305 e. The molecule has 2 fully saturated rings. The number of benzene rings is 4. The zero-order valence-corrected chi connectivity index (χ0v) is 40.7.